The summed E-state index contributed by atoms with van der Waals surface area (Å²) in [6.45, 7) is 2.94. The molecule has 1 aliphatic rings. The molecule has 1 unspecified atom stereocenters. The Balaban J connectivity index is 2.11. The van der Waals surface area contributed by atoms with Gasteiger partial charge in [0.2, 0.25) is 0 Å². The van der Waals surface area contributed by atoms with Crippen LogP contribution in [0.5, 0.6) is 0 Å². The Bertz CT molecular complexity index is 422. The Hall–Kier alpha value is -0.770. The Morgan fingerprint density at radius 2 is 2.26 bits per heavy atom. The van der Waals surface area contributed by atoms with Gasteiger partial charge in [-0.05, 0) is 63.2 Å². The Morgan fingerprint density at radius 1 is 1.47 bits per heavy atom. The van der Waals surface area contributed by atoms with Crippen LogP contribution in [-0.4, -0.2) is 44.7 Å². The van der Waals surface area contributed by atoms with Crippen LogP contribution in [-0.2, 0) is 6.42 Å². The number of hydrogen-bond acceptors (Lipinski definition) is 3. The molecular formula is C15H24ClN3. The van der Waals surface area contributed by atoms with Gasteiger partial charge in [-0.25, -0.2) is 0 Å². The summed E-state index contributed by atoms with van der Waals surface area (Å²) in [4.78, 5) is 4.79. The van der Waals surface area contributed by atoms with Gasteiger partial charge in [-0.2, -0.15) is 0 Å². The maximum absolute atomic E-state index is 6.08. The van der Waals surface area contributed by atoms with Crippen molar-refractivity contribution in [3.8, 4) is 0 Å². The molecule has 106 valence electrons. The number of likely N-dealkylation sites (N-methyl/N-ethyl adjacent to an activating group) is 2. The van der Waals surface area contributed by atoms with Gasteiger partial charge < -0.3 is 15.5 Å². The number of likely N-dealkylation sites (tertiary alicyclic amines) is 1. The number of nitrogens with two attached hydrogens (primary N) is 1. The maximum atomic E-state index is 6.08. The molecule has 1 aliphatic heterocycles. The highest BCUT2D eigenvalue weighted by molar-refractivity contribution is 6.30. The fourth-order valence-electron chi connectivity index (χ4n) is 2.91. The number of benzene rings is 1. The minimum atomic E-state index is 0.657. The van der Waals surface area contributed by atoms with E-state index in [2.05, 4.69) is 30.0 Å². The molecule has 1 heterocycles. The van der Waals surface area contributed by atoms with Crippen molar-refractivity contribution >= 4 is 17.3 Å². The molecule has 2 N–H and O–H groups in total. The van der Waals surface area contributed by atoms with E-state index in [1.165, 1.54) is 30.6 Å². The third-order valence-corrected chi connectivity index (χ3v) is 4.26. The predicted molar refractivity (Wildman–Crippen MR) is 83.1 cm³/mol. The van der Waals surface area contributed by atoms with Gasteiger partial charge in [-0.1, -0.05) is 11.6 Å². The summed E-state index contributed by atoms with van der Waals surface area (Å²) in [6.07, 6.45) is 3.48. The van der Waals surface area contributed by atoms with Crippen molar-refractivity contribution in [2.24, 2.45) is 5.73 Å². The van der Waals surface area contributed by atoms with Crippen LogP contribution in [0, 0.1) is 0 Å². The number of hydrogen-bond donors (Lipinski definition) is 1. The molecule has 0 bridgehead atoms. The molecule has 0 aliphatic carbocycles. The van der Waals surface area contributed by atoms with Crippen LogP contribution in [0.2, 0.25) is 5.02 Å². The molecule has 1 aromatic carbocycles. The average molecular weight is 282 g/mol. The molecule has 1 aromatic rings. The van der Waals surface area contributed by atoms with Gasteiger partial charge >= 0.3 is 0 Å². The average Bonchev–Trinajstić information content (AvgIpc) is 2.75. The quantitative estimate of drug-likeness (QED) is 0.899. The van der Waals surface area contributed by atoms with Gasteiger partial charge in [0.1, 0.15) is 0 Å². The van der Waals surface area contributed by atoms with Gasteiger partial charge in [0.25, 0.3) is 0 Å². The smallest absolute Gasteiger partial charge is 0.0410 e. The first-order chi connectivity index (χ1) is 9.11. The topological polar surface area (TPSA) is 32.5 Å². The Labute approximate surface area is 121 Å². The van der Waals surface area contributed by atoms with E-state index in [1.807, 2.05) is 12.1 Å². The third kappa shape index (κ3) is 3.62. The first kappa shape index (κ1) is 14.6. The van der Waals surface area contributed by atoms with Crippen molar-refractivity contribution in [3.63, 3.8) is 0 Å². The normalized spacial score (nSPS) is 19.9. The lowest BCUT2D eigenvalue weighted by Gasteiger charge is -2.29. The SMILES string of the molecule is CN(CC1CCCN1C)c1ccc(Cl)cc1CCN. The molecule has 0 spiro atoms. The van der Waals surface area contributed by atoms with Crippen molar-refractivity contribution in [2.75, 3.05) is 38.6 Å². The second kappa shape index (κ2) is 6.60. The third-order valence-electron chi connectivity index (χ3n) is 4.02. The zero-order chi connectivity index (χ0) is 13.8. The molecule has 0 amide bonds. The van der Waals surface area contributed by atoms with Crippen LogP contribution >= 0.6 is 11.6 Å². The summed E-state index contributed by atoms with van der Waals surface area (Å²) in [6, 6.07) is 6.78. The van der Waals surface area contributed by atoms with Crippen molar-refractivity contribution < 1.29 is 0 Å². The Kier molecular flexibility index (Phi) is 5.08. The van der Waals surface area contributed by atoms with Crippen molar-refractivity contribution in [3.05, 3.63) is 28.8 Å². The summed E-state index contributed by atoms with van der Waals surface area (Å²) < 4.78 is 0. The fourth-order valence-corrected chi connectivity index (χ4v) is 3.10. The maximum Gasteiger partial charge on any atom is 0.0410 e. The second-order valence-corrected chi connectivity index (χ2v) is 5.91. The predicted octanol–water partition coefficient (Wildman–Crippen LogP) is 2.37. The lowest BCUT2D eigenvalue weighted by atomic mass is 10.1. The molecule has 19 heavy (non-hydrogen) atoms. The minimum absolute atomic E-state index is 0.657. The van der Waals surface area contributed by atoms with Gasteiger partial charge in [0, 0.05) is 30.3 Å². The fraction of sp³-hybridized carbons (Fsp3) is 0.600. The lowest BCUT2D eigenvalue weighted by Crippen LogP contribution is -2.37. The number of halogens is 1. The van der Waals surface area contributed by atoms with Crippen LogP contribution in [0.1, 0.15) is 18.4 Å². The van der Waals surface area contributed by atoms with Crippen molar-refractivity contribution in [1.82, 2.24) is 4.90 Å². The zero-order valence-corrected chi connectivity index (χ0v) is 12.7. The summed E-state index contributed by atoms with van der Waals surface area (Å²) in [5.74, 6) is 0. The first-order valence-corrected chi connectivity index (χ1v) is 7.39. The van der Waals surface area contributed by atoms with Crippen LogP contribution in [0.15, 0.2) is 18.2 Å². The molecule has 1 atom stereocenters. The summed E-state index contributed by atoms with van der Waals surface area (Å²) in [5, 5.41) is 0.790. The largest absolute Gasteiger partial charge is 0.373 e. The van der Waals surface area contributed by atoms with E-state index in [9.17, 15) is 0 Å². The monoisotopic (exact) mass is 281 g/mol. The van der Waals surface area contributed by atoms with E-state index in [-0.39, 0.29) is 0 Å². The first-order valence-electron chi connectivity index (χ1n) is 7.01. The standard InChI is InChI=1S/C15H24ClN3/c1-18-9-3-4-14(18)11-19(2)15-6-5-13(16)10-12(15)7-8-17/h5-6,10,14H,3-4,7-9,11,17H2,1-2H3. The number of anilines is 1. The van der Waals surface area contributed by atoms with Gasteiger partial charge in [-0.3, -0.25) is 0 Å². The summed E-state index contributed by atoms with van der Waals surface area (Å²) >= 11 is 6.08. The highest BCUT2D eigenvalue weighted by atomic mass is 35.5. The van der Waals surface area contributed by atoms with Crippen molar-refractivity contribution in [2.45, 2.75) is 25.3 Å². The Morgan fingerprint density at radius 3 is 2.89 bits per heavy atom. The molecular weight excluding hydrogens is 258 g/mol. The summed E-state index contributed by atoms with van der Waals surface area (Å²) in [5.41, 5.74) is 8.20. The van der Waals surface area contributed by atoms with Gasteiger partial charge in [-0.15, -0.1) is 0 Å². The van der Waals surface area contributed by atoms with E-state index >= 15 is 0 Å². The molecule has 0 radical (unpaired) electrons. The molecule has 3 nitrogen and oxygen atoms in total. The zero-order valence-electron chi connectivity index (χ0n) is 11.9. The molecule has 1 fully saturated rings. The van der Waals surface area contributed by atoms with Crippen LogP contribution in [0.4, 0.5) is 5.69 Å². The van der Waals surface area contributed by atoms with E-state index in [1.54, 1.807) is 0 Å². The highest BCUT2D eigenvalue weighted by Gasteiger charge is 2.22. The minimum Gasteiger partial charge on any atom is -0.373 e. The van der Waals surface area contributed by atoms with Gasteiger partial charge in [0.15, 0.2) is 0 Å². The van der Waals surface area contributed by atoms with Crippen molar-refractivity contribution in [1.29, 1.82) is 0 Å². The molecule has 0 aromatic heterocycles. The highest BCUT2D eigenvalue weighted by Crippen LogP contribution is 2.25. The molecule has 2 rings (SSSR count). The molecule has 1 saturated heterocycles. The number of rotatable bonds is 5. The van der Waals surface area contributed by atoms with Gasteiger partial charge in [0.05, 0.1) is 0 Å². The summed E-state index contributed by atoms with van der Waals surface area (Å²) in [7, 11) is 4.38. The number of nitrogens with zero attached hydrogens (tertiary/aromatic N) is 2. The van der Waals surface area contributed by atoms with Crippen LogP contribution in [0.3, 0.4) is 0 Å². The molecule has 4 heteroatoms. The van der Waals surface area contributed by atoms with E-state index in [0.29, 0.717) is 12.6 Å². The van der Waals surface area contributed by atoms with E-state index < -0.39 is 0 Å². The van der Waals surface area contributed by atoms with Crippen LogP contribution < -0.4 is 10.6 Å². The van der Waals surface area contributed by atoms with Crippen LogP contribution in [0.25, 0.3) is 0 Å². The second-order valence-electron chi connectivity index (χ2n) is 5.47. The lowest BCUT2D eigenvalue weighted by molar-refractivity contribution is 0.314. The molecule has 0 saturated carbocycles. The van der Waals surface area contributed by atoms with E-state index in [4.69, 9.17) is 17.3 Å². The van der Waals surface area contributed by atoms with E-state index in [0.717, 1.165) is 18.0 Å².